The van der Waals surface area contributed by atoms with Crippen molar-refractivity contribution in [2.24, 2.45) is 7.05 Å². The molecule has 2 rings (SSSR count). The third-order valence-corrected chi connectivity index (χ3v) is 3.84. The zero-order valence-electron chi connectivity index (χ0n) is 10.7. The Morgan fingerprint density at radius 2 is 2.28 bits per heavy atom. The minimum Gasteiger partial charge on any atom is -0.462 e. The van der Waals surface area contributed by atoms with Crippen LogP contribution in [-0.2, 0) is 11.8 Å². The molecule has 96 valence electrons. The van der Waals surface area contributed by atoms with Crippen molar-refractivity contribution in [3.8, 4) is 10.6 Å². The standard InChI is InChI=1S/C13H16N2O2S/c1-4-17-13(16)10-8(2)15(3)12(11(10)14)9-6-5-7-18-9/h5-7H,4,14H2,1-3H3. The Labute approximate surface area is 110 Å². The van der Waals surface area contributed by atoms with E-state index in [9.17, 15) is 4.79 Å². The SMILES string of the molecule is CCOC(=O)c1c(N)c(-c2cccs2)n(C)c1C. The molecule has 0 saturated heterocycles. The Kier molecular flexibility index (Phi) is 3.43. The third-order valence-electron chi connectivity index (χ3n) is 2.96. The molecule has 5 heteroatoms. The molecule has 2 N–H and O–H groups in total. The fourth-order valence-electron chi connectivity index (χ4n) is 2.00. The summed E-state index contributed by atoms with van der Waals surface area (Å²) in [7, 11) is 1.91. The van der Waals surface area contributed by atoms with Gasteiger partial charge in [-0.2, -0.15) is 0 Å². The van der Waals surface area contributed by atoms with Gasteiger partial charge in [0.2, 0.25) is 0 Å². The van der Waals surface area contributed by atoms with E-state index in [0.717, 1.165) is 16.3 Å². The van der Waals surface area contributed by atoms with Crippen LogP contribution in [0.2, 0.25) is 0 Å². The van der Waals surface area contributed by atoms with Crippen LogP contribution in [0.3, 0.4) is 0 Å². The number of nitrogens with zero attached hydrogens (tertiary/aromatic N) is 1. The molecule has 0 aliphatic heterocycles. The number of hydrogen-bond donors (Lipinski definition) is 1. The number of rotatable bonds is 3. The van der Waals surface area contributed by atoms with Crippen LogP contribution in [0.1, 0.15) is 23.0 Å². The quantitative estimate of drug-likeness (QED) is 0.867. The number of carbonyl (C=O) groups is 1. The maximum atomic E-state index is 11.9. The summed E-state index contributed by atoms with van der Waals surface area (Å²) in [5.41, 5.74) is 8.79. The highest BCUT2D eigenvalue weighted by atomic mass is 32.1. The molecule has 0 bridgehead atoms. The zero-order valence-corrected chi connectivity index (χ0v) is 11.5. The van der Waals surface area contributed by atoms with E-state index in [4.69, 9.17) is 10.5 Å². The first kappa shape index (κ1) is 12.7. The molecular formula is C13H16N2O2S. The first-order valence-electron chi connectivity index (χ1n) is 5.73. The summed E-state index contributed by atoms with van der Waals surface area (Å²) in [5, 5.41) is 1.99. The number of carbonyl (C=O) groups excluding carboxylic acids is 1. The van der Waals surface area contributed by atoms with Crippen LogP contribution in [0.4, 0.5) is 5.69 Å². The van der Waals surface area contributed by atoms with Crippen molar-refractivity contribution < 1.29 is 9.53 Å². The van der Waals surface area contributed by atoms with Gasteiger partial charge in [0.1, 0.15) is 5.56 Å². The second kappa shape index (κ2) is 4.86. The number of hydrogen-bond acceptors (Lipinski definition) is 4. The van der Waals surface area contributed by atoms with Gasteiger partial charge >= 0.3 is 5.97 Å². The van der Waals surface area contributed by atoms with Crippen LogP contribution in [0.15, 0.2) is 17.5 Å². The van der Waals surface area contributed by atoms with E-state index in [1.54, 1.807) is 18.3 Å². The molecule has 4 nitrogen and oxygen atoms in total. The van der Waals surface area contributed by atoms with Crippen molar-refractivity contribution in [1.82, 2.24) is 4.57 Å². The van der Waals surface area contributed by atoms with Crippen LogP contribution in [-0.4, -0.2) is 17.1 Å². The maximum Gasteiger partial charge on any atom is 0.342 e. The number of nitrogen functional groups attached to an aromatic ring is 1. The number of nitrogens with two attached hydrogens (primary N) is 1. The smallest absolute Gasteiger partial charge is 0.342 e. The molecule has 0 saturated carbocycles. The number of ether oxygens (including phenoxy) is 1. The Morgan fingerprint density at radius 3 is 2.83 bits per heavy atom. The van der Waals surface area contributed by atoms with Crippen LogP contribution in [0.5, 0.6) is 0 Å². The van der Waals surface area contributed by atoms with Crippen LogP contribution in [0.25, 0.3) is 10.6 Å². The molecule has 2 aromatic rings. The van der Waals surface area contributed by atoms with Crippen molar-refractivity contribution in [1.29, 1.82) is 0 Å². The monoisotopic (exact) mass is 264 g/mol. The van der Waals surface area contributed by atoms with Gasteiger partial charge in [0.25, 0.3) is 0 Å². The van der Waals surface area contributed by atoms with E-state index >= 15 is 0 Å². The topological polar surface area (TPSA) is 57.2 Å². The van der Waals surface area contributed by atoms with E-state index in [-0.39, 0.29) is 5.97 Å². The molecule has 0 aromatic carbocycles. The lowest BCUT2D eigenvalue weighted by molar-refractivity contribution is 0.0526. The van der Waals surface area contributed by atoms with Gasteiger partial charge in [-0.05, 0) is 25.3 Å². The first-order chi connectivity index (χ1) is 8.57. The summed E-state index contributed by atoms with van der Waals surface area (Å²) in [6.07, 6.45) is 0. The van der Waals surface area contributed by atoms with Gasteiger partial charge in [0, 0.05) is 12.7 Å². The molecule has 0 aliphatic rings. The average molecular weight is 264 g/mol. The van der Waals surface area contributed by atoms with Gasteiger partial charge in [0.05, 0.1) is 22.9 Å². The van der Waals surface area contributed by atoms with Crippen molar-refractivity contribution in [3.63, 3.8) is 0 Å². The van der Waals surface area contributed by atoms with Gasteiger partial charge in [-0.25, -0.2) is 4.79 Å². The van der Waals surface area contributed by atoms with E-state index < -0.39 is 0 Å². The summed E-state index contributed by atoms with van der Waals surface area (Å²) in [5.74, 6) is -0.356. The molecule has 2 aromatic heterocycles. The van der Waals surface area contributed by atoms with Crippen LogP contribution in [0, 0.1) is 6.92 Å². The molecule has 0 aliphatic carbocycles. The summed E-state index contributed by atoms with van der Waals surface area (Å²) in [6.45, 7) is 4.01. The maximum absolute atomic E-state index is 11.9. The summed E-state index contributed by atoms with van der Waals surface area (Å²) >= 11 is 1.60. The molecule has 0 fully saturated rings. The second-order valence-electron chi connectivity index (χ2n) is 3.98. The third kappa shape index (κ3) is 1.90. The number of anilines is 1. The minimum absolute atomic E-state index is 0.348. The van der Waals surface area contributed by atoms with Gasteiger partial charge in [0.15, 0.2) is 0 Å². The minimum atomic E-state index is -0.356. The first-order valence-corrected chi connectivity index (χ1v) is 6.61. The molecular weight excluding hydrogens is 248 g/mol. The Morgan fingerprint density at radius 1 is 1.56 bits per heavy atom. The molecule has 2 heterocycles. The summed E-state index contributed by atoms with van der Waals surface area (Å²) in [6, 6.07) is 3.95. The number of thiophene rings is 1. The predicted molar refractivity (Wildman–Crippen MR) is 73.8 cm³/mol. The van der Waals surface area contributed by atoms with Crippen LogP contribution < -0.4 is 5.73 Å². The van der Waals surface area contributed by atoms with Gasteiger partial charge < -0.3 is 15.0 Å². The molecule has 18 heavy (non-hydrogen) atoms. The molecule has 0 amide bonds. The summed E-state index contributed by atoms with van der Waals surface area (Å²) in [4.78, 5) is 13.0. The van der Waals surface area contributed by atoms with E-state index in [1.807, 2.05) is 36.1 Å². The van der Waals surface area contributed by atoms with Gasteiger partial charge in [-0.1, -0.05) is 6.07 Å². The number of aromatic nitrogens is 1. The summed E-state index contributed by atoms with van der Waals surface area (Å²) < 4.78 is 6.98. The molecule has 0 unspecified atom stereocenters. The highest BCUT2D eigenvalue weighted by Crippen LogP contribution is 2.35. The van der Waals surface area contributed by atoms with E-state index in [1.165, 1.54) is 0 Å². The predicted octanol–water partition coefficient (Wildman–Crippen LogP) is 2.82. The van der Waals surface area contributed by atoms with Crippen molar-refractivity contribution in [2.75, 3.05) is 12.3 Å². The lowest BCUT2D eigenvalue weighted by Gasteiger charge is -2.02. The highest BCUT2D eigenvalue weighted by molar-refractivity contribution is 7.13. The van der Waals surface area contributed by atoms with Crippen molar-refractivity contribution in [3.05, 3.63) is 28.8 Å². The fourth-order valence-corrected chi connectivity index (χ4v) is 2.82. The lowest BCUT2D eigenvalue weighted by atomic mass is 10.2. The zero-order chi connectivity index (χ0) is 13.3. The lowest BCUT2D eigenvalue weighted by Crippen LogP contribution is -2.08. The average Bonchev–Trinajstić information content (AvgIpc) is 2.89. The van der Waals surface area contributed by atoms with Crippen molar-refractivity contribution >= 4 is 23.0 Å². The van der Waals surface area contributed by atoms with E-state index in [0.29, 0.717) is 17.9 Å². The van der Waals surface area contributed by atoms with Gasteiger partial charge in [-0.3, -0.25) is 0 Å². The molecule has 0 spiro atoms. The fraction of sp³-hybridized carbons (Fsp3) is 0.308. The second-order valence-corrected chi connectivity index (χ2v) is 4.93. The largest absolute Gasteiger partial charge is 0.462 e. The van der Waals surface area contributed by atoms with Crippen molar-refractivity contribution in [2.45, 2.75) is 13.8 Å². The Balaban J connectivity index is 2.58. The Hall–Kier alpha value is -1.75. The Bertz CT molecular complexity index is 570. The van der Waals surface area contributed by atoms with E-state index in [2.05, 4.69) is 0 Å². The molecule has 0 radical (unpaired) electrons. The normalized spacial score (nSPS) is 10.6. The van der Waals surface area contributed by atoms with Crippen LogP contribution >= 0.6 is 11.3 Å². The highest BCUT2D eigenvalue weighted by Gasteiger charge is 2.23. The molecule has 0 atom stereocenters. The number of esters is 1. The van der Waals surface area contributed by atoms with Gasteiger partial charge in [-0.15, -0.1) is 11.3 Å².